The molecule has 0 radical (unpaired) electrons. The van der Waals surface area contributed by atoms with Crippen LogP contribution in [0.5, 0.6) is 11.6 Å². The van der Waals surface area contributed by atoms with E-state index < -0.39 is 0 Å². The first-order valence-electron chi connectivity index (χ1n) is 6.74. The number of nitriles is 1. The van der Waals surface area contributed by atoms with Gasteiger partial charge in [0.05, 0.1) is 10.0 Å². The van der Waals surface area contributed by atoms with Crippen molar-refractivity contribution in [2.24, 2.45) is 0 Å². The van der Waals surface area contributed by atoms with Gasteiger partial charge >= 0.3 is 0 Å². The molecule has 0 aliphatic rings. The first-order chi connectivity index (χ1) is 10.5. The average molecular weight is 353 g/mol. The summed E-state index contributed by atoms with van der Waals surface area (Å²) >= 11 is 13.4. The van der Waals surface area contributed by atoms with Crippen molar-refractivity contribution < 1.29 is 4.74 Å². The van der Waals surface area contributed by atoms with Crippen LogP contribution < -0.4 is 4.74 Å². The Bertz CT molecular complexity index is 716. The smallest absolute Gasteiger partial charge is 0.220 e. The molecular formula is C16H14Cl2N2OS. The van der Waals surface area contributed by atoms with E-state index in [1.54, 1.807) is 36.0 Å². The third-order valence-electron chi connectivity index (χ3n) is 2.96. The molecule has 22 heavy (non-hydrogen) atoms. The highest BCUT2D eigenvalue weighted by atomic mass is 35.5. The van der Waals surface area contributed by atoms with E-state index in [-0.39, 0.29) is 0 Å². The molecule has 2 rings (SSSR count). The summed E-state index contributed by atoms with van der Waals surface area (Å²) in [5.41, 5.74) is 0.364. The Hall–Kier alpha value is -1.41. The predicted octanol–water partition coefficient (Wildman–Crippen LogP) is 5.94. The van der Waals surface area contributed by atoms with Crippen LogP contribution in [0.25, 0.3) is 0 Å². The van der Waals surface area contributed by atoms with E-state index >= 15 is 0 Å². The number of ether oxygens (including phenoxy) is 1. The molecule has 1 heterocycles. The number of nitrogens with zero attached hydrogens (tertiary/aromatic N) is 2. The van der Waals surface area contributed by atoms with Crippen molar-refractivity contribution in [3.05, 3.63) is 46.1 Å². The molecule has 0 saturated heterocycles. The number of benzene rings is 1. The maximum atomic E-state index is 9.26. The van der Waals surface area contributed by atoms with Crippen molar-refractivity contribution in [1.82, 2.24) is 4.98 Å². The molecule has 6 heteroatoms. The molecule has 1 aromatic heterocycles. The van der Waals surface area contributed by atoms with Gasteiger partial charge in [-0.05, 0) is 24.6 Å². The largest absolute Gasteiger partial charge is 0.439 e. The second-order valence-electron chi connectivity index (χ2n) is 4.62. The Morgan fingerprint density at radius 3 is 2.68 bits per heavy atom. The van der Waals surface area contributed by atoms with Gasteiger partial charge in [-0.2, -0.15) is 5.26 Å². The molecule has 0 fully saturated rings. The summed E-state index contributed by atoms with van der Waals surface area (Å²) in [5, 5.41) is 10.5. The van der Waals surface area contributed by atoms with Crippen LogP contribution in [-0.2, 0) is 0 Å². The van der Waals surface area contributed by atoms with Crippen LogP contribution in [0.3, 0.4) is 0 Å². The number of thioether (sulfide) groups is 1. The van der Waals surface area contributed by atoms with Crippen molar-refractivity contribution in [2.45, 2.75) is 30.4 Å². The van der Waals surface area contributed by atoms with Gasteiger partial charge < -0.3 is 4.74 Å². The summed E-state index contributed by atoms with van der Waals surface area (Å²) in [5.74, 6) is 0.872. The van der Waals surface area contributed by atoms with Gasteiger partial charge in [0.25, 0.3) is 0 Å². The zero-order valence-electron chi connectivity index (χ0n) is 12.1. The minimum Gasteiger partial charge on any atom is -0.439 e. The van der Waals surface area contributed by atoms with Gasteiger partial charge in [-0.3, -0.25) is 0 Å². The average Bonchev–Trinajstić information content (AvgIpc) is 2.52. The van der Waals surface area contributed by atoms with Crippen LogP contribution in [0.2, 0.25) is 10.0 Å². The van der Waals surface area contributed by atoms with E-state index in [2.05, 4.69) is 24.9 Å². The quantitative estimate of drug-likeness (QED) is 0.624. The second-order valence-corrected chi connectivity index (χ2v) is 6.92. The second kappa shape index (κ2) is 7.73. The molecule has 0 spiro atoms. The van der Waals surface area contributed by atoms with E-state index in [1.807, 2.05) is 6.07 Å². The van der Waals surface area contributed by atoms with Crippen LogP contribution in [0.1, 0.15) is 26.0 Å². The number of pyridine rings is 1. The van der Waals surface area contributed by atoms with E-state index in [9.17, 15) is 5.26 Å². The monoisotopic (exact) mass is 352 g/mol. The fourth-order valence-corrected chi connectivity index (χ4v) is 2.86. The SMILES string of the molecule is CCC(C)Sc1ccc(Oc2ccc(Cl)c(Cl)c2)nc1C#N. The summed E-state index contributed by atoms with van der Waals surface area (Å²) in [6.07, 6.45) is 1.02. The minimum absolute atomic E-state index is 0.350. The molecule has 1 unspecified atom stereocenters. The van der Waals surface area contributed by atoms with E-state index in [4.69, 9.17) is 27.9 Å². The van der Waals surface area contributed by atoms with Crippen molar-refractivity contribution in [3.8, 4) is 17.7 Å². The first kappa shape index (κ1) is 17.0. The van der Waals surface area contributed by atoms with Crippen LogP contribution in [0.15, 0.2) is 35.2 Å². The Balaban J connectivity index is 2.22. The molecular weight excluding hydrogens is 339 g/mol. The molecule has 0 amide bonds. The first-order valence-corrected chi connectivity index (χ1v) is 8.37. The van der Waals surface area contributed by atoms with Crippen LogP contribution in [0, 0.1) is 11.3 Å². The van der Waals surface area contributed by atoms with Crippen molar-refractivity contribution in [1.29, 1.82) is 5.26 Å². The van der Waals surface area contributed by atoms with Crippen molar-refractivity contribution in [2.75, 3.05) is 0 Å². The molecule has 114 valence electrons. The molecule has 0 aliphatic heterocycles. The molecule has 0 aliphatic carbocycles. The molecule has 0 N–H and O–H groups in total. The van der Waals surface area contributed by atoms with Gasteiger partial charge in [0.1, 0.15) is 11.8 Å². The van der Waals surface area contributed by atoms with Gasteiger partial charge in [-0.1, -0.05) is 37.0 Å². The highest BCUT2D eigenvalue weighted by Gasteiger charge is 2.11. The maximum Gasteiger partial charge on any atom is 0.220 e. The zero-order chi connectivity index (χ0) is 16.1. The van der Waals surface area contributed by atoms with E-state index in [1.165, 1.54) is 0 Å². The van der Waals surface area contributed by atoms with Crippen molar-refractivity contribution in [3.63, 3.8) is 0 Å². The lowest BCUT2D eigenvalue weighted by Crippen LogP contribution is -1.97. The summed E-state index contributed by atoms with van der Waals surface area (Å²) in [6.45, 7) is 4.23. The van der Waals surface area contributed by atoms with Crippen LogP contribution in [0.4, 0.5) is 0 Å². The summed E-state index contributed by atoms with van der Waals surface area (Å²) in [6, 6.07) is 10.7. The Morgan fingerprint density at radius 1 is 1.27 bits per heavy atom. The fraction of sp³-hybridized carbons (Fsp3) is 0.250. The Morgan fingerprint density at radius 2 is 2.05 bits per heavy atom. The highest BCUT2D eigenvalue weighted by Crippen LogP contribution is 2.31. The van der Waals surface area contributed by atoms with Crippen LogP contribution in [-0.4, -0.2) is 10.2 Å². The predicted molar refractivity (Wildman–Crippen MR) is 91.1 cm³/mol. The maximum absolute atomic E-state index is 9.26. The Kier molecular flexibility index (Phi) is 5.96. The number of hydrogen-bond acceptors (Lipinski definition) is 4. The lowest BCUT2D eigenvalue weighted by Gasteiger charge is -2.11. The van der Waals surface area contributed by atoms with Crippen molar-refractivity contribution >= 4 is 35.0 Å². The van der Waals surface area contributed by atoms with Crippen LogP contribution >= 0.6 is 35.0 Å². The standard InChI is InChI=1S/C16H14Cl2N2OS/c1-3-10(2)22-15-6-7-16(20-14(15)9-19)21-11-4-5-12(17)13(18)8-11/h4-8,10H,3H2,1-2H3. The number of hydrogen-bond donors (Lipinski definition) is 0. The van der Waals surface area contributed by atoms with Gasteiger partial charge in [-0.15, -0.1) is 11.8 Å². The fourth-order valence-electron chi connectivity index (χ4n) is 1.62. The van der Waals surface area contributed by atoms with Gasteiger partial charge in [0.15, 0.2) is 5.69 Å². The number of rotatable bonds is 5. The summed E-state index contributed by atoms with van der Waals surface area (Å²) in [4.78, 5) is 5.11. The van der Waals surface area contributed by atoms with Gasteiger partial charge in [0.2, 0.25) is 5.88 Å². The Labute approximate surface area is 144 Å². The molecule has 3 nitrogen and oxygen atoms in total. The lowest BCUT2D eigenvalue weighted by molar-refractivity contribution is 0.461. The molecule has 2 aromatic rings. The molecule has 1 aromatic carbocycles. The van der Waals surface area contributed by atoms with E-state index in [0.717, 1.165) is 11.3 Å². The molecule has 0 bridgehead atoms. The normalized spacial score (nSPS) is 11.8. The summed E-state index contributed by atoms with van der Waals surface area (Å²) in [7, 11) is 0. The zero-order valence-corrected chi connectivity index (χ0v) is 14.5. The highest BCUT2D eigenvalue weighted by molar-refractivity contribution is 8.00. The molecule has 1 atom stereocenters. The third kappa shape index (κ3) is 4.30. The minimum atomic E-state index is 0.350. The van der Waals surface area contributed by atoms with E-state index in [0.29, 0.717) is 32.6 Å². The summed E-state index contributed by atoms with van der Waals surface area (Å²) < 4.78 is 5.63. The molecule has 0 saturated carbocycles. The third-order valence-corrected chi connectivity index (χ3v) is 5.01. The van der Waals surface area contributed by atoms with Gasteiger partial charge in [-0.25, -0.2) is 4.98 Å². The topological polar surface area (TPSA) is 45.9 Å². The number of halogens is 2. The van der Waals surface area contributed by atoms with Gasteiger partial charge in [0, 0.05) is 22.3 Å². The lowest BCUT2D eigenvalue weighted by atomic mass is 10.3. The number of aromatic nitrogens is 1.